The van der Waals surface area contributed by atoms with E-state index in [4.69, 9.17) is 5.73 Å². The molecule has 0 aliphatic carbocycles. The van der Waals surface area contributed by atoms with Gasteiger partial charge < -0.3 is 10.3 Å². The highest BCUT2D eigenvalue weighted by Crippen LogP contribution is 2.39. The summed E-state index contributed by atoms with van der Waals surface area (Å²) in [4.78, 5) is 0. The molecule has 262 valence electrons. The summed E-state index contributed by atoms with van der Waals surface area (Å²) in [6.45, 7) is 10.6. The van der Waals surface area contributed by atoms with Gasteiger partial charge in [-0.15, -0.1) is 0 Å². The zero-order chi connectivity index (χ0) is 37.2. The van der Waals surface area contributed by atoms with Crippen molar-refractivity contribution in [1.82, 2.24) is 4.57 Å². The Kier molecular flexibility index (Phi) is 9.19. The van der Waals surface area contributed by atoms with Crippen LogP contribution in [-0.2, 0) is 5.41 Å². The number of fused-ring (bicyclic) bond motifs is 3. The van der Waals surface area contributed by atoms with Crippen LogP contribution in [0.15, 0.2) is 189 Å². The maximum Gasteiger partial charge on any atom is 0.0547 e. The van der Waals surface area contributed by atoms with Crippen LogP contribution in [-0.4, -0.2) is 4.57 Å². The second-order valence-corrected chi connectivity index (χ2v) is 14.9. The predicted molar refractivity (Wildman–Crippen MR) is 234 cm³/mol. The number of para-hydroxylation sites is 1. The molecule has 8 aromatic rings. The summed E-state index contributed by atoms with van der Waals surface area (Å²) in [5, 5.41) is 2.52. The van der Waals surface area contributed by atoms with Gasteiger partial charge in [0.1, 0.15) is 0 Å². The minimum Gasteiger partial charge on any atom is -0.398 e. The number of rotatable bonds is 8. The summed E-state index contributed by atoms with van der Waals surface area (Å²) >= 11 is 0. The normalized spacial score (nSPS) is 12.0. The van der Waals surface area contributed by atoms with Crippen LogP contribution in [0.25, 0.3) is 78.1 Å². The highest BCUT2D eigenvalue weighted by molar-refractivity contribution is 6.10. The molecule has 2 N–H and O–H groups in total. The van der Waals surface area contributed by atoms with Crippen molar-refractivity contribution in [1.29, 1.82) is 0 Å². The quantitative estimate of drug-likeness (QED) is 0.124. The Bertz CT molecular complexity index is 2690. The highest BCUT2D eigenvalue weighted by Gasteiger charge is 2.20. The number of anilines is 1. The van der Waals surface area contributed by atoms with Crippen molar-refractivity contribution >= 4 is 33.6 Å². The topological polar surface area (TPSA) is 30.9 Å². The first-order valence-electron chi connectivity index (χ1n) is 18.6. The van der Waals surface area contributed by atoms with E-state index < -0.39 is 0 Å². The molecule has 0 saturated carbocycles. The van der Waals surface area contributed by atoms with Gasteiger partial charge in [-0.25, -0.2) is 0 Å². The molecule has 0 fully saturated rings. The summed E-state index contributed by atoms with van der Waals surface area (Å²) in [7, 11) is 0. The van der Waals surface area contributed by atoms with Crippen molar-refractivity contribution in [2.45, 2.75) is 26.2 Å². The third kappa shape index (κ3) is 6.59. The van der Waals surface area contributed by atoms with Gasteiger partial charge in [-0.05, 0) is 91.9 Å². The Labute approximate surface area is 318 Å². The molecule has 2 nitrogen and oxygen atoms in total. The Hall–Kier alpha value is -6.64. The second-order valence-electron chi connectivity index (χ2n) is 14.9. The first kappa shape index (κ1) is 34.4. The molecule has 54 heavy (non-hydrogen) atoms. The third-order valence-electron chi connectivity index (χ3n) is 10.3. The van der Waals surface area contributed by atoms with Gasteiger partial charge >= 0.3 is 0 Å². The number of hydrogen-bond acceptors (Lipinski definition) is 1. The molecule has 1 aromatic heterocycles. The molecule has 0 unspecified atom stereocenters. The van der Waals surface area contributed by atoms with Crippen LogP contribution in [0.2, 0.25) is 0 Å². The van der Waals surface area contributed by atoms with Crippen molar-refractivity contribution in [3.05, 3.63) is 200 Å². The molecule has 0 aliphatic rings. The molecular formula is C52H44N2. The van der Waals surface area contributed by atoms with Crippen LogP contribution in [0.1, 0.15) is 31.9 Å². The van der Waals surface area contributed by atoms with Crippen molar-refractivity contribution in [3.63, 3.8) is 0 Å². The Balaban J connectivity index is 1.12. The van der Waals surface area contributed by atoms with Crippen LogP contribution in [0, 0.1) is 0 Å². The number of nitrogen functional groups attached to an aromatic ring is 1. The van der Waals surface area contributed by atoms with E-state index in [9.17, 15) is 0 Å². The Morgan fingerprint density at radius 1 is 0.500 bits per heavy atom. The number of hydrogen-bond donors (Lipinski definition) is 1. The standard InChI is InChI=1S/C52H44N2/c1-5-6-7-8-15-39-16-9-10-17-43(39)47-34-40(29-33-49(47)53)38-24-22-36(23-25-38)37-26-30-42(31-27-37)54-50-21-14-12-19-45(50)46-32-28-41(35-51(46)54)44-18-11-13-20-48(44)52(2,3)4/h5-35H,1,53H2,2-4H3/b7-6-,15-8-. The van der Waals surface area contributed by atoms with Crippen molar-refractivity contribution in [2.24, 2.45) is 0 Å². The summed E-state index contributed by atoms with van der Waals surface area (Å²) in [6, 6.07) is 56.9. The molecule has 0 atom stereocenters. The monoisotopic (exact) mass is 696 g/mol. The first-order chi connectivity index (χ1) is 26.3. The van der Waals surface area contributed by atoms with Crippen LogP contribution in [0.4, 0.5) is 5.69 Å². The van der Waals surface area contributed by atoms with E-state index in [0.29, 0.717) is 0 Å². The van der Waals surface area contributed by atoms with E-state index in [1.807, 2.05) is 24.3 Å². The lowest BCUT2D eigenvalue weighted by molar-refractivity contribution is 0.592. The van der Waals surface area contributed by atoms with Gasteiger partial charge in [0, 0.05) is 27.7 Å². The minimum atomic E-state index is 0.0392. The lowest BCUT2D eigenvalue weighted by Gasteiger charge is -2.23. The molecule has 2 heteroatoms. The SMILES string of the molecule is C=C/C=C\C=C/c1ccccc1-c1cc(-c2ccc(-c3ccc(-n4c5ccccc5c5ccc(-c6ccccc6C(C)(C)C)cc54)cc3)cc2)ccc1N. The van der Waals surface area contributed by atoms with Crippen LogP contribution in [0.5, 0.6) is 0 Å². The Morgan fingerprint density at radius 2 is 1.09 bits per heavy atom. The largest absolute Gasteiger partial charge is 0.398 e. The number of allylic oxidation sites excluding steroid dienone is 4. The van der Waals surface area contributed by atoms with Crippen molar-refractivity contribution < 1.29 is 0 Å². The maximum absolute atomic E-state index is 6.56. The number of nitrogens with two attached hydrogens (primary N) is 1. The predicted octanol–water partition coefficient (Wildman–Crippen LogP) is 14.1. The van der Waals surface area contributed by atoms with E-state index in [0.717, 1.165) is 39.2 Å². The second kappa shape index (κ2) is 14.4. The van der Waals surface area contributed by atoms with Gasteiger partial charge in [-0.3, -0.25) is 0 Å². The minimum absolute atomic E-state index is 0.0392. The van der Waals surface area contributed by atoms with Crippen LogP contribution >= 0.6 is 0 Å². The lowest BCUT2D eigenvalue weighted by Crippen LogP contribution is -2.12. The van der Waals surface area contributed by atoms with E-state index in [2.05, 4.69) is 190 Å². The fraction of sp³-hybridized carbons (Fsp3) is 0.0769. The zero-order valence-electron chi connectivity index (χ0n) is 31.1. The number of nitrogens with zero attached hydrogens (tertiary/aromatic N) is 1. The summed E-state index contributed by atoms with van der Waals surface area (Å²) in [6.07, 6.45) is 9.80. The third-order valence-corrected chi connectivity index (χ3v) is 10.3. The molecule has 7 aromatic carbocycles. The Morgan fingerprint density at radius 3 is 1.83 bits per heavy atom. The van der Waals surface area contributed by atoms with E-state index in [1.165, 1.54) is 49.6 Å². The van der Waals surface area contributed by atoms with Gasteiger partial charge in [0.2, 0.25) is 0 Å². The molecule has 8 rings (SSSR count). The summed E-state index contributed by atoms with van der Waals surface area (Å²) in [5.41, 5.74) is 22.6. The van der Waals surface area contributed by atoms with Crippen LogP contribution in [0.3, 0.4) is 0 Å². The highest BCUT2D eigenvalue weighted by atomic mass is 15.0. The van der Waals surface area contributed by atoms with Crippen molar-refractivity contribution in [2.75, 3.05) is 5.73 Å². The van der Waals surface area contributed by atoms with Crippen molar-refractivity contribution in [3.8, 4) is 50.2 Å². The molecule has 1 heterocycles. The summed E-state index contributed by atoms with van der Waals surface area (Å²) in [5.74, 6) is 0. The fourth-order valence-electron chi connectivity index (χ4n) is 7.62. The first-order valence-corrected chi connectivity index (χ1v) is 18.6. The molecular weight excluding hydrogens is 653 g/mol. The molecule has 0 saturated heterocycles. The smallest absolute Gasteiger partial charge is 0.0547 e. The average Bonchev–Trinajstić information content (AvgIpc) is 3.53. The molecule has 0 amide bonds. The molecule has 0 radical (unpaired) electrons. The van der Waals surface area contributed by atoms with E-state index in [-0.39, 0.29) is 5.41 Å². The zero-order valence-corrected chi connectivity index (χ0v) is 31.1. The summed E-state index contributed by atoms with van der Waals surface area (Å²) < 4.78 is 2.41. The van der Waals surface area contributed by atoms with Gasteiger partial charge in [-0.1, -0.05) is 179 Å². The fourth-order valence-corrected chi connectivity index (χ4v) is 7.62. The van der Waals surface area contributed by atoms with Gasteiger partial charge in [0.25, 0.3) is 0 Å². The van der Waals surface area contributed by atoms with E-state index >= 15 is 0 Å². The maximum atomic E-state index is 6.56. The lowest BCUT2D eigenvalue weighted by atomic mass is 9.82. The van der Waals surface area contributed by atoms with Gasteiger partial charge in [0.15, 0.2) is 0 Å². The van der Waals surface area contributed by atoms with E-state index in [1.54, 1.807) is 6.08 Å². The van der Waals surface area contributed by atoms with Gasteiger partial charge in [-0.2, -0.15) is 0 Å². The number of benzene rings is 7. The molecule has 0 bridgehead atoms. The molecule has 0 aliphatic heterocycles. The van der Waals surface area contributed by atoms with Crippen LogP contribution < -0.4 is 5.73 Å². The van der Waals surface area contributed by atoms with Gasteiger partial charge in [0.05, 0.1) is 11.0 Å². The number of aromatic nitrogens is 1. The average molecular weight is 697 g/mol. The molecule has 0 spiro atoms.